The fraction of sp³-hybridized carbons (Fsp3) is 0.462. The summed E-state index contributed by atoms with van der Waals surface area (Å²) < 4.78 is 0. The van der Waals surface area contributed by atoms with Gasteiger partial charge >= 0.3 is 0 Å². The number of rotatable bonds is 6. The van der Waals surface area contributed by atoms with Crippen molar-refractivity contribution in [3.8, 4) is 0 Å². The quantitative estimate of drug-likeness (QED) is 0.850. The van der Waals surface area contributed by atoms with Gasteiger partial charge in [0.05, 0.1) is 5.69 Å². The van der Waals surface area contributed by atoms with Gasteiger partial charge in [0.15, 0.2) is 0 Å². The van der Waals surface area contributed by atoms with Crippen LogP contribution in [0.15, 0.2) is 28.4 Å². The van der Waals surface area contributed by atoms with Crippen molar-refractivity contribution in [1.29, 1.82) is 0 Å². The lowest BCUT2D eigenvalue weighted by Gasteiger charge is -2.15. The molecule has 0 aliphatic heterocycles. The summed E-state index contributed by atoms with van der Waals surface area (Å²) in [7, 11) is 0. The number of hydrogen-bond acceptors (Lipinski definition) is 5. The van der Waals surface area contributed by atoms with E-state index in [0.29, 0.717) is 6.04 Å². The summed E-state index contributed by atoms with van der Waals surface area (Å²) in [6.07, 6.45) is 2.92. The molecule has 0 aliphatic rings. The summed E-state index contributed by atoms with van der Waals surface area (Å²) in [6.45, 7) is 7.11. The molecule has 1 unspecified atom stereocenters. The zero-order chi connectivity index (χ0) is 13.7. The van der Waals surface area contributed by atoms with Gasteiger partial charge in [-0.2, -0.15) is 0 Å². The normalized spacial score (nSPS) is 12.6. The van der Waals surface area contributed by atoms with E-state index in [1.807, 2.05) is 13.1 Å². The van der Waals surface area contributed by atoms with Crippen molar-refractivity contribution in [2.24, 2.45) is 0 Å². The van der Waals surface area contributed by atoms with Crippen LogP contribution in [-0.4, -0.2) is 26.7 Å². The van der Waals surface area contributed by atoms with Gasteiger partial charge in [0.2, 0.25) is 5.16 Å². The molecule has 0 spiro atoms. The molecule has 0 aromatic carbocycles. The number of aryl methyl sites for hydroxylation is 1. The Kier molecular flexibility index (Phi) is 4.93. The van der Waals surface area contributed by atoms with Crippen molar-refractivity contribution in [2.45, 2.75) is 43.3 Å². The molecule has 2 aromatic rings. The van der Waals surface area contributed by atoms with Crippen LogP contribution in [0.5, 0.6) is 0 Å². The zero-order valence-corrected chi connectivity index (χ0v) is 12.3. The molecule has 2 heterocycles. The molecule has 0 fully saturated rings. The standard InChI is InChI=1S/C13H19N5S/c1-4-11(14-5-2)12-7-6-10(8-15-12)19-13-16-9(3)17-18-13/h6-8,11,14H,4-5H2,1-3H3,(H,16,17,18). The SMILES string of the molecule is CCNC(CC)c1ccc(Sc2n[nH]c(C)n2)cn1. The Morgan fingerprint density at radius 2 is 2.21 bits per heavy atom. The molecule has 0 bridgehead atoms. The van der Waals surface area contributed by atoms with Gasteiger partial charge in [0.1, 0.15) is 5.82 Å². The van der Waals surface area contributed by atoms with Crippen LogP contribution in [0.1, 0.15) is 37.8 Å². The maximum Gasteiger partial charge on any atom is 0.213 e. The number of hydrogen-bond donors (Lipinski definition) is 2. The zero-order valence-electron chi connectivity index (χ0n) is 11.5. The van der Waals surface area contributed by atoms with E-state index in [0.717, 1.165) is 34.5 Å². The molecule has 0 amide bonds. The Hall–Kier alpha value is -1.40. The van der Waals surface area contributed by atoms with E-state index >= 15 is 0 Å². The van der Waals surface area contributed by atoms with E-state index in [4.69, 9.17) is 0 Å². The maximum absolute atomic E-state index is 4.52. The van der Waals surface area contributed by atoms with Gasteiger partial charge in [0, 0.05) is 17.1 Å². The highest BCUT2D eigenvalue weighted by Gasteiger charge is 2.09. The van der Waals surface area contributed by atoms with Crippen LogP contribution >= 0.6 is 11.8 Å². The van der Waals surface area contributed by atoms with E-state index in [1.165, 1.54) is 11.8 Å². The average molecular weight is 277 g/mol. The first kappa shape index (κ1) is 14.0. The van der Waals surface area contributed by atoms with Gasteiger partial charge in [-0.15, -0.1) is 5.10 Å². The second-order valence-corrected chi connectivity index (χ2v) is 5.28. The first-order chi connectivity index (χ1) is 9.22. The molecule has 102 valence electrons. The van der Waals surface area contributed by atoms with Gasteiger partial charge in [0.25, 0.3) is 0 Å². The molecule has 2 aromatic heterocycles. The Balaban J connectivity index is 2.05. The van der Waals surface area contributed by atoms with Crippen LogP contribution in [0.25, 0.3) is 0 Å². The van der Waals surface area contributed by atoms with E-state index < -0.39 is 0 Å². The molecule has 2 rings (SSSR count). The number of H-pyrrole nitrogens is 1. The molecule has 0 radical (unpaired) electrons. The number of aromatic nitrogens is 4. The molecule has 1 atom stereocenters. The van der Waals surface area contributed by atoms with E-state index in [2.05, 4.69) is 51.5 Å². The summed E-state index contributed by atoms with van der Waals surface area (Å²) >= 11 is 1.51. The Labute approximate surface area is 117 Å². The van der Waals surface area contributed by atoms with Gasteiger partial charge in [-0.05, 0) is 43.8 Å². The van der Waals surface area contributed by atoms with Crippen LogP contribution in [0.4, 0.5) is 0 Å². The third-order valence-electron chi connectivity index (χ3n) is 2.76. The fourth-order valence-corrected chi connectivity index (χ4v) is 2.56. The van der Waals surface area contributed by atoms with Gasteiger partial charge in [-0.3, -0.25) is 10.1 Å². The monoisotopic (exact) mass is 277 g/mol. The minimum absolute atomic E-state index is 0.329. The fourth-order valence-electron chi connectivity index (χ4n) is 1.84. The Bertz CT molecular complexity index is 508. The summed E-state index contributed by atoms with van der Waals surface area (Å²) in [5.41, 5.74) is 1.08. The van der Waals surface area contributed by atoms with Crippen molar-refractivity contribution in [3.63, 3.8) is 0 Å². The molecule has 0 saturated heterocycles. The van der Waals surface area contributed by atoms with Crippen LogP contribution in [-0.2, 0) is 0 Å². The maximum atomic E-state index is 4.52. The minimum Gasteiger partial charge on any atom is -0.309 e. The predicted octanol–water partition coefficient (Wildman–Crippen LogP) is 2.72. The van der Waals surface area contributed by atoms with E-state index in [-0.39, 0.29) is 0 Å². The topological polar surface area (TPSA) is 66.5 Å². The first-order valence-corrected chi connectivity index (χ1v) is 7.30. The number of aromatic amines is 1. The van der Waals surface area contributed by atoms with Crippen molar-refractivity contribution in [1.82, 2.24) is 25.5 Å². The van der Waals surface area contributed by atoms with Gasteiger partial charge in [-0.25, -0.2) is 4.98 Å². The highest BCUT2D eigenvalue weighted by atomic mass is 32.2. The van der Waals surface area contributed by atoms with Crippen LogP contribution in [0, 0.1) is 6.92 Å². The molecule has 2 N–H and O–H groups in total. The molecule has 0 aliphatic carbocycles. The number of pyridine rings is 1. The van der Waals surface area contributed by atoms with Gasteiger partial charge < -0.3 is 5.32 Å². The second kappa shape index (κ2) is 6.68. The van der Waals surface area contributed by atoms with Crippen LogP contribution < -0.4 is 5.32 Å². The lowest BCUT2D eigenvalue weighted by molar-refractivity contribution is 0.524. The molecular weight excluding hydrogens is 258 g/mol. The summed E-state index contributed by atoms with van der Waals surface area (Å²) in [5, 5.41) is 11.1. The van der Waals surface area contributed by atoms with Crippen molar-refractivity contribution in [2.75, 3.05) is 6.54 Å². The van der Waals surface area contributed by atoms with Crippen molar-refractivity contribution < 1.29 is 0 Å². The molecule has 0 saturated carbocycles. The second-order valence-electron chi connectivity index (χ2n) is 4.24. The largest absolute Gasteiger partial charge is 0.309 e. The minimum atomic E-state index is 0.329. The van der Waals surface area contributed by atoms with Crippen LogP contribution in [0.2, 0.25) is 0 Å². The highest BCUT2D eigenvalue weighted by Crippen LogP contribution is 2.25. The number of nitrogens with zero attached hydrogens (tertiary/aromatic N) is 3. The lowest BCUT2D eigenvalue weighted by Crippen LogP contribution is -2.20. The van der Waals surface area contributed by atoms with Crippen LogP contribution in [0.3, 0.4) is 0 Å². The number of nitrogens with one attached hydrogen (secondary N) is 2. The molecule has 19 heavy (non-hydrogen) atoms. The summed E-state index contributed by atoms with van der Waals surface area (Å²) in [6, 6.07) is 4.46. The first-order valence-electron chi connectivity index (χ1n) is 6.49. The Morgan fingerprint density at radius 1 is 1.37 bits per heavy atom. The van der Waals surface area contributed by atoms with E-state index in [1.54, 1.807) is 0 Å². The summed E-state index contributed by atoms with van der Waals surface area (Å²) in [5.74, 6) is 0.824. The Morgan fingerprint density at radius 3 is 2.74 bits per heavy atom. The average Bonchev–Trinajstić information content (AvgIpc) is 2.82. The third-order valence-corrected chi connectivity index (χ3v) is 3.60. The van der Waals surface area contributed by atoms with Gasteiger partial charge in [-0.1, -0.05) is 13.8 Å². The predicted molar refractivity (Wildman–Crippen MR) is 76.2 cm³/mol. The summed E-state index contributed by atoms with van der Waals surface area (Å²) in [4.78, 5) is 9.84. The highest BCUT2D eigenvalue weighted by molar-refractivity contribution is 7.99. The molecule has 6 heteroatoms. The third kappa shape index (κ3) is 3.78. The smallest absolute Gasteiger partial charge is 0.213 e. The molecule has 5 nitrogen and oxygen atoms in total. The van der Waals surface area contributed by atoms with Crippen molar-refractivity contribution >= 4 is 11.8 Å². The van der Waals surface area contributed by atoms with Crippen molar-refractivity contribution in [3.05, 3.63) is 29.8 Å². The van der Waals surface area contributed by atoms with E-state index in [9.17, 15) is 0 Å². The molecular formula is C13H19N5S. The lowest BCUT2D eigenvalue weighted by atomic mass is 10.1.